The fourth-order valence-corrected chi connectivity index (χ4v) is 2.20. The predicted molar refractivity (Wildman–Crippen MR) is 80.8 cm³/mol. The molecule has 98 valence electrons. The third kappa shape index (κ3) is 3.04. The van der Waals surface area contributed by atoms with Crippen molar-refractivity contribution in [3.05, 3.63) is 58.9 Å². The van der Waals surface area contributed by atoms with Gasteiger partial charge in [0, 0.05) is 10.4 Å². The third-order valence-corrected chi connectivity index (χ3v) is 3.33. The normalized spacial score (nSPS) is 10.8. The van der Waals surface area contributed by atoms with E-state index in [0.717, 1.165) is 16.1 Å². The SMILES string of the molecule is C(=N/Nc1nncc(-c2ccccc2)n1)/c1cccs1. The molecule has 1 N–H and O–H groups in total. The Bertz CT molecular complexity index is 695. The van der Waals surface area contributed by atoms with E-state index in [2.05, 4.69) is 25.7 Å². The van der Waals surface area contributed by atoms with Crippen LogP contribution in [0.5, 0.6) is 0 Å². The third-order valence-electron chi connectivity index (χ3n) is 2.53. The molecule has 0 bridgehead atoms. The van der Waals surface area contributed by atoms with Crippen LogP contribution in [0.3, 0.4) is 0 Å². The van der Waals surface area contributed by atoms with Gasteiger partial charge >= 0.3 is 0 Å². The van der Waals surface area contributed by atoms with Gasteiger partial charge in [-0.05, 0) is 11.4 Å². The molecular weight excluding hydrogens is 270 g/mol. The van der Waals surface area contributed by atoms with E-state index in [4.69, 9.17) is 0 Å². The molecule has 5 nitrogen and oxygen atoms in total. The first-order chi connectivity index (χ1) is 9.92. The van der Waals surface area contributed by atoms with E-state index in [1.807, 2.05) is 47.8 Å². The molecule has 0 aliphatic heterocycles. The number of thiophene rings is 1. The van der Waals surface area contributed by atoms with Crippen LogP contribution in [0.25, 0.3) is 11.3 Å². The van der Waals surface area contributed by atoms with E-state index in [1.54, 1.807) is 23.7 Å². The minimum Gasteiger partial charge on any atom is -0.244 e. The Balaban J connectivity index is 1.75. The monoisotopic (exact) mass is 281 g/mol. The van der Waals surface area contributed by atoms with Crippen LogP contribution in [0.4, 0.5) is 5.95 Å². The fourth-order valence-electron chi connectivity index (χ4n) is 1.62. The van der Waals surface area contributed by atoms with Gasteiger partial charge in [-0.2, -0.15) is 10.2 Å². The van der Waals surface area contributed by atoms with Crippen molar-refractivity contribution in [2.45, 2.75) is 0 Å². The van der Waals surface area contributed by atoms with E-state index in [-0.39, 0.29) is 0 Å². The summed E-state index contributed by atoms with van der Waals surface area (Å²) in [5.74, 6) is 0.374. The van der Waals surface area contributed by atoms with Gasteiger partial charge in [0.1, 0.15) is 0 Å². The molecule has 20 heavy (non-hydrogen) atoms. The summed E-state index contributed by atoms with van der Waals surface area (Å²) in [6.45, 7) is 0. The Morgan fingerprint density at radius 2 is 2.00 bits per heavy atom. The van der Waals surface area contributed by atoms with E-state index >= 15 is 0 Å². The van der Waals surface area contributed by atoms with Crippen LogP contribution in [0.2, 0.25) is 0 Å². The minimum atomic E-state index is 0.374. The first kappa shape index (κ1) is 12.4. The van der Waals surface area contributed by atoms with Crippen LogP contribution in [-0.2, 0) is 0 Å². The second-order valence-corrected chi connectivity index (χ2v) is 4.90. The van der Waals surface area contributed by atoms with E-state index < -0.39 is 0 Å². The number of anilines is 1. The summed E-state index contributed by atoms with van der Waals surface area (Å²) < 4.78 is 0. The van der Waals surface area contributed by atoms with Gasteiger partial charge < -0.3 is 0 Å². The van der Waals surface area contributed by atoms with Crippen molar-refractivity contribution >= 4 is 23.5 Å². The van der Waals surface area contributed by atoms with Crippen molar-refractivity contribution in [2.24, 2.45) is 5.10 Å². The molecule has 0 radical (unpaired) electrons. The molecule has 0 spiro atoms. The number of benzene rings is 1. The Morgan fingerprint density at radius 1 is 1.10 bits per heavy atom. The van der Waals surface area contributed by atoms with Crippen molar-refractivity contribution in [3.63, 3.8) is 0 Å². The van der Waals surface area contributed by atoms with Crippen LogP contribution < -0.4 is 5.43 Å². The van der Waals surface area contributed by atoms with Crippen molar-refractivity contribution < 1.29 is 0 Å². The van der Waals surface area contributed by atoms with Crippen molar-refractivity contribution in [3.8, 4) is 11.3 Å². The highest BCUT2D eigenvalue weighted by Gasteiger charge is 2.01. The summed E-state index contributed by atoms with van der Waals surface area (Å²) in [7, 11) is 0. The second-order valence-electron chi connectivity index (χ2n) is 3.92. The summed E-state index contributed by atoms with van der Waals surface area (Å²) in [5.41, 5.74) is 4.54. The highest BCUT2D eigenvalue weighted by Crippen LogP contribution is 2.15. The van der Waals surface area contributed by atoms with E-state index in [9.17, 15) is 0 Å². The number of nitrogens with one attached hydrogen (secondary N) is 1. The zero-order chi connectivity index (χ0) is 13.6. The summed E-state index contributed by atoms with van der Waals surface area (Å²) in [4.78, 5) is 5.43. The summed E-state index contributed by atoms with van der Waals surface area (Å²) in [5, 5.41) is 13.9. The van der Waals surface area contributed by atoms with E-state index in [0.29, 0.717) is 5.95 Å². The Morgan fingerprint density at radius 3 is 2.80 bits per heavy atom. The molecule has 2 aromatic heterocycles. The van der Waals surface area contributed by atoms with Gasteiger partial charge in [0.25, 0.3) is 5.95 Å². The van der Waals surface area contributed by atoms with Gasteiger partial charge in [0.15, 0.2) is 0 Å². The molecule has 0 atom stereocenters. The standard InChI is InChI=1S/C14H11N5S/c1-2-5-11(6-3-1)13-10-16-19-14(17-13)18-15-9-12-7-4-8-20-12/h1-10H,(H,17,18,19)/b15-9-. The number of hydrazone groups is 1. The van der Waals surface area contributed by atoms with Gasteiger partial charge in [0.2, 0.25) is 0 Å². The van der Waals surface area contributed by atoms with Crippen LogP contribution in [0.15, 0.2) is 59.1 Å². The minimum absolute atomic E-state index is 0.374. The summed E-state index contributed by atoms with van der Waals surface area (Å²) in [6, 6.07) is 13.8. The molecule has 0 saturated heterocycles. The first-order valence-electron chi connectivity index (χ1n) is 5.99. The molecule has 3 rings (SSSR count). The van der Waals surface area contributed by atoms with Crippen LogP contribution in [0.1, 0.15) is 4.88 Å². The van der Waals surface area contributed by atoms with Gasteiger partial charge in [0.05, 0.1) is 18.1 Å². The Labute approximate surface area is 120 Å². The molecular formula is C14H11N5S. The molecule has 1 aromatic carbocycles. The summed E-state index contributed by atoms with van der Waals surface area (Å²) >= 11 is 1.61. The average molecular weight is 281 g/mol. The zero-order valence-corrected chi connectivity index (χ0v) is 11.3. The maximum atomic E-state index is 4.37. The molecule has 0 fully saturated rings. The molecule has 3 aromatic rings. The Kier molecular flexibility index (Phi) is 3.75. The lowest BCUT2D eigenvalue weighted by molar-refractivity contribution is 0.967. The molecule has 0 amide bonds. The van der Waals surface area contributed by atoms with E-state index in [1.165, 1.54) is 0 Å². The van der Waals surface area contributed by atoms with Crippen molar-refractivity contribution in [1.29, 1.82) is 0 Å². The zero-order valence-electron chi connectivity index (χ0n) is 10.5. The Hall–Kier alpha value is -2.60. The lowest BCUT2D eigenvalue weighted by Gasteiger charge is -2.01. The first-order valence-corrected chi connectivity index (χ1v) is 6.87. The molecule has 6 heteroatoms. The molecule has 0 aliphatic carbocycles. The maximum absolute atomic E-state index is 4.37. The van der Waals surface area contributed by atoms with Crippen LogP contribution in [0, 0.1) is 0 Å². The number of hydrogen-bond acceptors (Lipinski definition) is 6. The van der Waals surface area contributed by atoms with Gasteiger partial charge in [-0.25, -0.2) is 10.4 Å². The molecule has 0 unspecified atom stereocenters. The maximum Gasteiger partial charge on any atom is 0.263 e. The van der Waals surface area contributed by atoms with Crippen molar-refractivity contribution in [2.75, 3.05) is 5.43 Å². The fraction of sp³-hybridized carbons (Fsp3) is 0. The number of rotatable bonds is 4. The largest absolute Gasteiger partial charge is 0.263 e. The van der Waals surface area contributed by atoms with Gasteiger partial charge in [-0.3, -0.25) is 0 Å². The van der Waals surface area contributed by atoms with Gasteiger partial charge in [-0.1, -0.05) is 36.4 Å². The number of aromatic nitrogens is 3. The lowest BCUT2D eigenvalue weighted by atomic mass is 10.2. The van der Waals surface area contributed by atoms with Crippen LogP contribution in [-0.4, -0.2) is 21.4 Å². The second kappa shape index (κ2) is 6.03. The highest BCUT2D eigenvalue weighted by atomic mass is 32.1. The van der Waals surface area contributed by atoms with Crippen molar-refractivity contribution in [1.82, 2.24) is 15.2 Å². The number of nitrogens with zero attached hydrogens (tertiary/aromatic N) is 4. The number of hydrogen-bond donors (Lipinski definition) is 1. The van der Waals surface area contributed by atoms with Crippen LogP contribution >= 0.6 is 11.3 Å². The molecule has 0 saturated carbocycles. The molecule has 0 aliphatic rings. The highest BCUT2D eigenvalue weighted by molar-refractivity contribution is 7.11. The topological polar surface area (TPSA) is 63.1 Å². The predicted octanol–water partition coefficient (Wildman–Crippen LogP) is 3.05. The lowest BCUT2D eigenvalue weighted by Crippen LogP contribution is -1.99. The smallest absolute Gasteiger partial charge is 0.244 e. The average Bonchev–Trinajstić information content (AvgIpc) is 3.02. The molecule has 2 heterocycles. The quantitative estimate of drug-likeness (QED) is 0.589. The van der Waals surface area contributed by atoms with Gasteiger partial charge in [-0.15, -0.1) is 16.4 Å². The summed E-state index contributed by atoms with van der Waals surface area (Å²) in [6.07, 6.45) is 3.35.